The number of benzene rings is 3. The van der Waals surface area contributed by atoms with Gasteiger partial charge >= 0.3 is 24.5 Å². The summed E-state index contributed by atoms with van der Waals surface area (Å²) in [7, 11) is 2.03. The lowest BCUT2D eigenvalue weighted by atomic mass is 9.74. The van der Waals surface area contributed by atoms with E-state index in [2.05, 4.69) is 5.32 Å². The van der Waals surface area contributed by atoms with E-state index in [0.717, 1.165) is 4.67 Å². The first-order valence-corrected chi connectivity index (χ1v) is 14.9. The van der Waals surface area contributed by atoms with E-state index in [9.17, 15) is 40.7 Å². The van der Waals surface area contributed by atoms with Crippen LogP contribution in [0.3, 0.4) is 0 Å². The predicted octanol–water partition coefficient (Wildman–Crippen LogP) is 7.21. The minimum absolute atomic E-state index is 0.00505. The summed E-state index contributed by atoms with van der Waals surface area (Å²) in [4.78, 5) is 41.0. The monoisotopic (exact) mass is 681 g/mol. The zero-order valence-corrected chi connectivity index (χ0v) is 26.1. The van der Waals surface area contributed by atoms with Crippen LogP contribution >= 0.6 is 9.39 Å². The molecule has 5 rings (SSSR count). The fraction of sp³-hybridized carbons (Fsp3) is 0.344. The largest absolute Gasteiger partial charge is 0.445 e. The number of amides is 4. The van der Waals surface area contributed by atoms with Gasteiger partial charge in [-0.25, -0.2) is 14.3 Å². The highest BCUT2D eigenvalue weighted by molar-refractivity contribution is 7.16. The number of likely N-dealkylation sites (tertiary alicyclic amines) is 1. The molecule has 250 valence electrons. The van der Waals surface area contributed by atoms with Crippen LogP contribution < -0.4 is 5.32 Å². The number of piperidine rings is 1. The smallest absolute Gasteiger partial charge is 0.416 e. The standard InChI is InChI=1S/C32H30F6N3O5P/c1-20(22-14-24(31(33,34)35)16-25(15-22)32(36,37)38)46-19-30(23-10-6-3-7-11-23)13-12-29(26(42)41(47)27(43)39-29)18-40(30)28(44)45-17-21-8-4-2-5-9-21/h2-11,14-16,20H,12-13,17-19,47H2,1H3,(H,39,43)/t20-,29?,30-/m1/s1. The third kappa shape index (κ3) is 6.94. The van der Waals surface area contributed by atoms with Gasteiger partial charge in [0.15, 0.2) is 0 Å². The van der Waals surface area contributed by atoms with Crippen LogP contribution in [-0.4, -0.2) is 46.3 Å². The van der Waals surface area contributed by atoms with E-state index in [4.69, 9.17) is 9.47 Å². The highest BCUT2D eigenvalue weighted by atomic mass is 31.0. The Kier molecular flexibility index (Phi) is 9.31. The first kappa shape index (κ1) is 34.2. The first-order chi connectivity index (χ1) is 22.1. The fourth-order valence-corrected chi connectivity index (χ4v) is 6.18. The van der Waals surface area contributed by atoms with Crippen LogP contribution in [0.5, 0.6) is 0 Å². The highest BCUT2D eigenvalue weighted by Crippen LogP contribution is 2.45. The second-order valence-electron chi connectivity index (χ2n) is 11.5. The zero-order valence-electron chi connectivity index (χ0n) is 24.9. The van der Waals surface area contributed by atoms with E-state index in [1.54, 1.807) is 60.7 Å². The Labute approximate surface area is 268 Å². The Morgan fingerprint density at radius 2 is 1.49 bits per heavy atom. The van der Waals surface area contributed by atoms with Crippen LogP contribution in [0.15, 0.2) is 78.9 Å². The van der Waals surface area contributed by atoms with Gasteiger partial charge in [-0.05, 0) is 64.0 Å². The Hall–Kier alpha value is -4.16. The lowest BCUT2D eigenvalue weighted by Gasteiger charge is -2.51. The molecular weight excluding hydrogens is 651 g/mol. The van der Waals surface area contributed by atoms with Gasteiger partial charge in [-0.15, -0.1) is 0 Å². The summed E-state index contributed by atoms with van der Waals surface area (Å²) in [5.74, 6) is -0.604. The van der Waals surface area contributed by atoms with Crippen LogP contribution in [-0.2, 0) is 38.8 Å². The molecule has 47 heavy (non-hydrogen) atoms. The molecule has 2 fully saturated rings. The third-order valence-corrected chi connectivity index (χ3v) is 8.96. The summed E-state index contributed by atoms with van der Waals surface area (Å²) in [6.07, 6.45) is -12.3. The number of ether oxygens (including phenoxy) is 2. The number of hydrogen-bond donors (Lipinski definition) is 1. The summed E-state index contributed by atoms with van der Waals surface area (Å²) < 4.78 is 94.1. The molecule has 15 heteroatoms. The molecule has 4 amide bonds. The van der Waals surface area contributed by atoms with E-state index < -0.39 is 65.3 Å². The number of hydrogen-bond acceptors (Lipinski definition) is 5. The van der Waals surface area contributed by atoms with Gasteiger partial charge in [-0.2, -0.15) is 26.3 Å². The number of nitrogens with one attached hydrogen (secondary N) is 1. The number of halogens is 6. The van der Waals surface area contributed by atoms with E-state index in [0.29, 0.717) is 23.3 Å². The Bertz CT molecular complexity index is 1610. The average Bonchev–Trinajstić information content (AvgIpc) is 3.25. The molecule has 0 saturated carbocycles. The molecule has 0 aromatic heterocycles. The molecule has 2 unspecified atom stereocenters. The minimum atomic E-state index is -5.05. The van der Waals surface area contributed by atoms with E-state index in [1.165, 1.54) is 11.8 Å². The van der Waals surface area contributed by atoms with Crippen molar-refractivity contribution in [3.8, 4) is 0 Å². The van der Waals surface area contributed by atoms with E-state index in [1.807, 2.05) is 9.39 Å². The summed E-state index contributed by atoms with van der Waals surface area (Å²) in [6, 6.07) is 17.8. The van der Waals surface area contributed by atoms with Crippen molar-refractivity contribution >= 4 is 27.4 Å². The lowest BCUT2D eigenvalue weighted by molar-refractivity contribution is -0.143. The normalized spacial score (nSPS) is 22.4. The van der Waals surface area contributed by atoms with Gasteiger partial charge in [0.25, 0.3) is 5.91 Å². The summed E-state index contributed by atoms with van der Waals surface area (Å²) >= 11 is 0. The number of imide groups is 1. The van der Waals surface area contributed by atoms with Gasteiger partial charge in [0, 0.05) is 0 Å². The average molecular weight is 682 g/mol. The Morgan fingerprint density at radius 1 is 0.915 bits per heavy atom. The number of urea groups is 1. The Morgan fingerprint density at radius 3 is 2.02 bits per heavy atom. The minimum Gasteiger partial charge on any atom is -0.445 e. The van der Waals surface area contributed by atoms with E-state index in [-0.39, 0.29) is 37.6 Å². The maximum absolute atomic E-state index is 14.0. The molecule has 1 spiro atoms. The zero-order chi connectivity index (χ0) is 34.2. The van der Waals surface area contributed by atoms with Gasteiger partial charge in [-0.1, -0.05) is 60.7 Å². The topological polar surface area (TPSA) is 88.2 Å². The molecular formula is C32H30F6N3O5P. The molecule has 0 bridgehead atoms. The molecule has 3 aromatic carbocycles. The van der Waals surface area contributed by atoms with Crippen LogP contribution in [0.25, 0.3) is 0 Å². The Balaban J connectivity index is 1.53. The fourth-order valence-electron chi connectivity index (χ4n) is 5.86. The summed E-state index contributed by atoms with van der Waals surface area (Å²) in [5.41, 5.74) is -5.11. The molecule has 8 nitrogen and oxygen atoms in total. The van der Waals surface area contributed by atoms with Crippen molar-refractivity contribution in [1.82, 2.24) is 14.9 Å². The molecule has 2 aliphatic rings. The van der Waals surface area contributed by atoms with Gasteiger partial charge in [0.1, 0.15) is 12.1 Å². The number of carbonyl (C=O) groups excluding carboxylic acids is 3. The van der Waals surface area contributed by atoms with Crippen LogP contribution in [0, 0.1) is 0 Å². The van der Waals surface area contributed by atoms with Crippen LogP contribution in [0.2, 0.25) is 0 Å². The number of rotatable bonds is 7. The predicted molar refractivity (Wildman–Crippen MR) is 159 cm³/mol. The van der Waals surface area contributed by atoms with Gasteiger partial charge < -0.3 is 14.8 Å². The first-order valence-electron chi connectivity index (χ1n) is 14.4. The van der Waals surface area contributed by atoms with E-state index >= 15 is 0 Å². The highest BCUT2D eigenvalue weighted by Gasteiger charge is 2.59. The van der Waals surface area contributed by atoms with Gasteiger partial charge in [0.2, 0.25) is 0 Å². The van der Waals surface area contributed by atoms with Gasteiger partial charge in [-0.3, -0.25) is 9.69 Å². The van der Waals surface area contributed by atoms with Crippen molar-refractivity contribution < 1.29 is 50.2 Å². The third-order valence-electron chi connectivity index (χ3n) is 8.49. The van der Waals surface area contributed by atoms with Crippen molar-refractivity contribution in [3.63, 3.8) is 0 Å². The van der Waals surface area contributed by atoms with Crippen molar-refractivity contribution in [2.45, 2.75) is 55.9 Å². The second-order valence-corrected chi connectivity index (χ2v) is 12.0. The molecule has 4 atom stereocenters. The molecule has 2 aliphatic heterocycles. The number of carbonyl (C=O) groups is 3. The summed E-state index contributed by atoms with van der Waals surface area (Å²) in [6.45, 7) is 0.402. The van der Waals surface area contributed by atoms with Crippen molar-refractivity contribution in [3.05, 3.63) is 107 Å². The van der Waals surface area contributed by atoms with Crippen molar-refractivity contribution in [2.24, 2.45) is 0 Å². The lowest BCUT2D eigenvalue weighted by Crippen LogP contribution is -2.67. The van der Waals surface area contributed by atoms with Crippen molar-refractivity contribution in [2.75, 3.05) is 13.2 Å². The number of alkyl halides is 6. The molecule has 2 heterocycles. The number of nitrogens with zero attached hydrogens (tertiary/aromatic N) is 2. The quantitative estimate of drug-likeness (QED) is 0.162. The molecule has 0 aliphatic carbocycles. The summed E-state index contributed by atoms with van der Waals surface area (Å²) in [5, 5.41) is 2.66. The molecule has 3 aromatic rings. The maximum Gasteiger partial charge on any atom is 0.416 e. The maximum atomic E-state index is 14.0. The second kappa shape index (κ2) is 12.8. The van der Waals surface area contributed by atoms with Crippen LogP contribution in [0.4, 0.5) is 35.9 Å². The molecule has 2 saturated heterocycles. The molecule has 0 radical (unpaired) electrons. The van der Waals surface area contributed by atoms with Crippen molar-refractivity contribution in [1.29, 1.82) is 0 Å². The van der Waals surface area contributed by atoms with Gasteiger partial charge in [0.05, 0.1) is 35.9 Å². The van der Waals surface area contributed by atoms with Crippen LogP contribution in [0.1, 0.15) is 53.7 Å². The molecule has 1 N–H and O–H groups in total. The SMILES string of the molecule is C[C@@H](OC[C@@]1(c2ccccc2)CCC2(CN1C(=O)OCc1ccccc1)NC(=O)N(P)C2=O)c1cc(C(F)(F)F)cc(C(F)(F)F)c1.